The molecule has 1 unspecified atom stereocenters. The van der Waals surface area contributed by atoms with Crippen LogP contribution >= 0.6 is 0 Å². The molecule has 0 spiro atoms. The van der Waals surface area contributed by atoms with Crippen LogP contribution in [0.15, 0.2) is 24.8 Å². The van der Waals surface area contributed by atoms with Gasteiger partial charge in [0.05, 0.1) is 24.1 Å². The summed E-state index contributed by atoms with van der Waals surface area (Å²) in [6, 6.07) is 0.366. The molecular formula is C11H13N5. The zero-order valence-electron chi connectivity index (χ0n) is 8.85. The van der Waals surface area contributed by atoms with Crippen molar-refractivity contribution < 1.29 is 0 Å². The Morgan fingerprint density at radius 3 is 2.94 bits per heavy atom. The Kier molecular flexibility index (Phi) is 2.38. The quantitative estimate of drug-likeness (QED) is 0.792. The van der Waals surface area contributed by atoms with E-state index in [9.17, 15) is 0 Å². The average molecular weight is 215 g/mol. The number of hydrogen-bond donors (Lipinski definition) is 2. The molecular weight excluding hydrogens is 202 g/mol. The molecule has 0 aromatic carbocycles. The van der Waals surface area contributed by atoms with E-state index in [1.807, 2.05) is 6.20 Å². The lowest BCUT2D eigenvalue weighted by atomic mass is 10.2. The second-order valence-electron chi connectivity index (χ2n) is 3.92. The van der Waals surface area contributed by atoms with E-state index in [1.165, 1.54) is 6.42 Å². The maximum absolute atomic E-state index is 4.39. The highest BCUT2D eigenvalue weighted by molar-refractivity contribution is 5.51. The summed E-state index contributed by atoms with van der Waals surface area (Å²) < 4.78 is 0. The lowest BCUT2D eigenvalue weighted by Crippen LogP contribution is -2.14. The fraction of sp³-hybridized carbons (Fsp3) is 0.364. The van der Waals surface area contributed by atoms with Gasteiger partial charge in [-0.3, -0.25) is 9.97 Å². The fourth-order valence-corrected chi connectivity index (χ4v) is 2.00. The number of hydrogen-bond acceptors (Lipinski definition) is 4. The molecule has 3 rings (SSSR count). The average Bonchev–Trinajstić information content (AvgIpc) is 3.01. The summed E-state index contributed by atoms with van der Waals surface area (Å²) in [5.41, 5.74) is 1.76. The van der Waals surface area contributed by atoms with E-state index in [2.05, 4.69) is 25.3 Å². The first kappa shape index (κ1) is 9.47. The minimum absolute atomic E-state index is 0.366. The molecule has 1 saturated heterocycles. The molecule has 16 heavy (non-hydrogen) atoms. The zero-order chi connectivity index (χ0) is 10.8. The summed E-state index contributed by atoms with van der Waals surface area (Å²) >= 11 is 0. The second kappa shape index (κ2) is 4.02. The van der Waals surface area contributed by atoms with Gasteiger partial charge in [-0.15, -0.1) is 0 Å². The summed E-state index contributed by atoms with van der Waals surface area (Å²) in [6.07, 6.45) is 9.26. The van der Waals surface area contributed by atoms with Crippen LogP contribution in [-0.2, 0) is 0 Å². The first-order chi connectivity index (χ1) is 7.93. The molecule has 1 fully saturated rings. The van der Waals surface area contributed by atoms with Gasteiger partial charge >= 0.3 is 0 Å². The van der Waals surface area contributed by atoms with E-state index in [-0.39, 0.29) is 0 Å². The maximum Gasteiger partial charge on any atom is 0.123 e. The number of nitrogens with one attached hydrogen (secondary N) is 2. The van der Waals surface area contributed by atoms with Crippen LogP contribution in [0.4, 0.5) is 0 Å². The molecule has 0 bridgehead atoms. The van der Waals surface area contributed by atoms with Crippen LogP contribution in [0.1, 0.15) is 24.7 Å². The topological polar surface area (TPSA) is 66.5 Å². The number of aromatic amines is 1. The van der Waals surface area contributed by atoms with Crippen molar-refractivity contribution in [1.29, 1.82) is 0 Å². The number of aromatic nitrogens is 4. The monoisotopic (exact) mass is 215 g/mol. The van der Waals surface area contributed by atoms with Crippen molar-refractivity contribution in [2.45, 2.75) is 18.9 Å². The molecule has 5 nitrogen and oxygen atoms in total. The van der Waals surface area contributed by atoms with Crippen LogP contribution in [0.5, 0.6) is 0 Å². The van der Waals surface area contributed by atoms with E-state index in [0.717, 1.165) is 30.2 Å². The highest BCUT2D eigenvalue weighted by atomic mass is 15.0. The van der Waals surface area contributed by atoms with Gasteiger partial charge in [0.15, 0.2) is 0 Å². The third-order valence-electron chi connectivity index (χ3n) is 2.82. The lowest BCUT2D eigenvalue weighted by molar-refractivity contribution is 0.613. The van der Waals surface area contributed by atoms with Crippen LogP contribution < -0.4 is 5.32 Å². The van der Waals surface area contributed by atoms with Gasteiger partial charge < -0.3 is 10.3 Å². The Bertz CT molecular complexity index is 458. The van der Waals surface area contributed by atoms with Gasteiger partial charge in [0.25, 0.3) is 0 Å². The molecule has 2 aromatic heterocycles. The predicted octanol–water partition coefficient (Wildman–Crippen LogP) is 1.29. The number of H-pyrrole nitrogens is 1. The standard InChI is InChI=1S/C11H13N5/c1-2-8(13-3-1)11-15-7-10(16-11)9-6-12-4-5-14-9/h4-8,13H,1-3H2,(H,15,16). The molecule has 5 heteroatoms. The summed E-state index contributed by atoms with van der Waals surface area (Å²) in [5, 5.41) is 3.41. The van der Waals surface area contributed by atoms with Gasteiger partial charge in [-0.05, 0) is 19.4 Å². The van der Waals surface area contributed by atoms with Crippen LogP contribution in [0, 0.1) is 0 Å². The van der Waals surface area contributed by atoms with Gasteiger partial charge in [-0.25, -0.2) is 4.98 Å². The van der Waals surface area contributed by atoms with Crippen molar-refractivity contribution in [3.8, 4) is 11.4 Å². The van der Waals surface area contributed by atoms with E-state index in [0.29, 0.717) is 6.04 Å². The summed E-state index contributed by atoms with van der Waals surface area (Å²) in [6.45, 7) is 1.08. The molecule has 1 aliphatic rings. The normalized spacial score (nSPS) is 20.1. The van der Waals surface area contributed by atoms with Crippen molar-refractivity contribution in [3.63, 3.8) is 0 Å². The van der Waals surface area contributed by atoms with Crippen molar-refractivity contribution in [1.82, 2.24) is 25.3 Å². The third kappa shape index (κ3) is 1.69. The van der Waals surface area contributed by atoms with Crippen LogP contribution in [0.3, 0.4) is 0 Å². The van der Waals surface area contributed by atoms with Gasteiger partial charge in [-0.1, -0.05) is 0 Å². The molecule has 1 atom stereocenters. The zero-order valence-corrected chi connectivity index (χ0v) is 8.85. The Morgan fingerprint density at radius 1 is 1.19 bits per heavy atom. The molecule has 2 N–H and O–H groups in total. The first-order valence-corrected chi connectivity index (χ1v) is 5.48. The van der Waals surface area contributed by atoms with Crippen LogP contribution in [0.25, 0.3) is 11.4 Å². The summed E-state index contributed by atoms with van der Waals surface area (Å²) in [4.78, 5) is 16.0. The number of rotatable bonds is 2. The van der Waals surface area contributed by atoms with Gasteiger partial charge in [-0.2, -0.15) is 0 Å². The van der Waals surface area contributed by atoms with Crippen molar-refractivity contribution in [3.05, 3.63) is 30.6 Å². The highest BCUT2D eigenvalue weighted by Gasteiger charge is 2.19. The second-order valence-corrected chi connectivity index (χ2v) is 3.92. The minimum atomic E-state index is 0.366. The molecule has 1 aliphatic heterocycles. The van der Waals surface area contributed by atoms with Gasteiger partial charge in [0, 0.05) is 12.4 Å². The molecule has 0 radical (unpaired) electrons. The number of imidazole rings is 1. The minimum Gasteiger partial charge on any atom is -0.339 e. The smallest absolute Gasteiger partial charge is 0.123 e. The van der Waals surface area contributed by atoms with E-state index in [4.69, 9.17) is 0 Å². The molecule has 3 heterocycles. The molecule has 0 saturated carbocycles. The molecule has 0 amide bonds. The van der Waals surface area contributed by atoms with Crippen LogP contribution in [-0.4, -0.2) is 26.5 Å². The third-order valence-corrected chi connectivity index (χ3v) is 2.82. The van der Waals surface area contributed by atoms with Crippen LogP contribution in [0.2, 0.25) is 0 Å². The maximum atomic E-state index is 4.39. The largest absolute Gasteiger partial charge is 0.339 e. The Hall–Kier alpha value is -1.75. The van der Waals surface area contributed by atoms with Gasteiger partial charge in [0.1, 0.15) is 11.5 Å². The Morgan fingerprint density at radius 2 is 2.19 bits per heavy atom. The van der Waals surface area contributed by atoms with Crippen molar-refractivity contribution in [2.24, 2.45) is 0 Å². The van der Waals surface area contributed by atoms with Crippen molar-refractivity contribution in [2.75, 3.05) is 6.54 Å². The first-order valence-electron chi connectivity index (χ1n) is 5.48. The summed E-state index contributed by atoms with van der Waals surface area (Å²) in [5.74, 6) is 0.998. The van der Waals surface area contributed by atoms with E-state index < -0.39 is 0 Å². The Balaban J connectivity index is 1.87. The summed E-state index contributed by atoms with van der Waals surface area (Å²) in [7, 11) is 0. The molecule has 2 aromatic rings. The highest BCUT2D eigenvalue weighted by Crippen LogP contribution is 2.22. The van der Waals surface area contributed by atoms with Crippen molar-refractivity contribution >= 4 is 0 Å². The van der Waals surface area contributed by atoms with E-state index in [1.54, 1.807) is 18.6 Å². The molecule has 0 aliphatic carbocycles. The fourth-order valence-electron chi connectivity index (χ4n) is 2.00. The predicted molar refractivity (Wildman–Crippen MR) is 59.6 cm³/mol. The SMILES string of the molecule is c1cnc(-c2cnc(C3CCCN3)[nH]2)cn1. The molecule has 82 valence electrons. The Labute approximate surface area is 93.4 Å². The lowest BCUT2D eigenvalue weighted by Gasteiger charge is -2.05. The van der Waals surface area contributed by atoms with E-state index >= 15 is 0 Å². The van der Waals surface area contributed by atoms with Gasteiger partial charge in [0.2, 0.25) is 0 Å². The number of nitrogens with zero attached hydrogens (tertiary/aromatic N) is 3.